The summed E-state index contributed by atoms with van der Waals surface area (Å²) < 4.78 is 18.5. The molecular weight excluding hydrogens is 502 g/mol. The van der Waals surface area contributed by atoms with E-state index in [0.717, 1.165) is 15.4 Å². The van der Waals surface area contributed by atoms with Crippen molar-refractivity contribution in [2.24, 2.45) is 0 Å². The van der Waals surface area contributed by atoms with Gasteiger partial charge >= 0.3 is 0 Å². The van der Waals surface area contributed by atoms with Gasteiger partial charge in [0.15, 0.2) is 6.29 Å². The van der Waals surface area contributed by atoms with Gasteiger partial charge in [-0.1, -0.05) is 65.8 Å². The number of halogens is 1. The summed E-state index contributed by atoms with van der Waals surface area (Å²) in [6, 6.07) is 22.2. The van der Waals surface area contributed by atoms with Crippen molar-refractivity contribution in [1.29, 1.82) is 0 Å². The van der Waals surface area contributed by atoms with Crippen LogP contribution in [0.4, 0.5) is 0 Å². The van der Waals surface area contributed by atoms with Crippen LogP contribution in [0.3, 0.4) is 0 Å². The van der Waals surface area contributed by atoms with E-state index in [1.54, 1.807) is 36.4 Å². The minimum absolute atomic E-state index is 0.188. The van der Waals surface area contributed by atoms with Crippen LogP contribution in [0.1, 0.15) is 32.6 Å². The highest BCUT2D eigenvalue weighted by atomic mass is 35.5. The monoisotopic (exact) mass is 523 g/mol. The number of carbonyl (C=O) groups excluding carboxylic acids is 2. The van der Waals surface area contributed by atoms with Gasteiger partial charge < -0.3 is 19.3 Å². The van der Waals surface area contributed by atoms with E-state index < -0.39 is 47.9 Å². The summed E-state index contributed by atoms with van der Waals surface area (Å²) in [6.45, 7) is 0.188. The molecule has 9 heteroatoms. The molecule has 1 N–H and O–H groups in total. The first-order valence-corrected chi connectivity index (χ1v) is 12.8. The first kappa shape index (κ1) is 23.7. The summed E-state index contributed by atoms with van der Waals surface area (Å²) in [6.07, 6.45) is -3.29. The Hall–Kier alpha value is -2.72. The smallest absolute Gasteiger partial charge is 0.262 e. The third-order valence-corrected chi connectivity index (χ3v) is 8.01. The van der Waals surface area contributed by atoms with Gasteiger partial charge in [-0.05, 0) is 36.4 Å². The predicted octanol–water partition coefficient (Wildman–Crippen LogP) is 4.30. The molecule has 1 unspecified atom stereocenters. The summed E-state index contributed by atoms with van der Waals surface area (Å²) in [5.41, 5.74) is 0.660. The van der Waals surface area contributed by atoms with Gasteiger partial charge in [0.25, 0.3) is 11.8 Å². The summed E-state index contributed by atoms with van der Waals surface area (Å²) in [5, 5.41) is 12.2. The van der Waals surface area contributed by atoms with Gasteiger partial charge in [0.05, 0.1) is 17.7 Å². The van der Waals surface area contributed by atoms with Gasteiger partial charge in [0, 0.05) is 15.5 Å². The number of imide groups is 1. The minimum atomic E-state index is -1.20. The molecule has 3 aliphatic rings. The van der Waals surface area contributed by atoms with Crippen LogP contribution in [0.15, 0.2) is 83.8 Å². The topological polar surface area (TPSA) is 85.3 Å². The average Bonchev–Trinajstić information content (AvgIpc) is 3.16. The van der Waals surface area contributed by atoms with Gasteiger partial charge in [-0.3, -0.25) is 14.5 Å². The van der Waals surface area contributed by atoms with E-state index in [1.807, 2.05) is 42.5 Å². The highest BCUT2D eigenvalue weighted by Gasteiger charge is 2.55. The fraction of sp³-hybridized carbons (Fsp3) is 0.259. The molecule has 3 heterocycles. The van der Waals surface area contributed by atoms with Crippen molar-refractivity contribution in [3.63, 3.8) is 0 Å². The SMILES string of the molecule is O=C1c2ccccc2C(=O)N1[C@@H]1[C@@H](O)[C@@H]2OC(c3ccccc3)OC[C@H]2O[C@H]1Sc1ccc(Cl)cc1. The fourth-order valence-corrected chi connectivity index (χ4v) is 6.16. The predicted molar refractivity (Wildman–Crippen MR) is 133 cm³/mol. The lowest BCUT2D eigenvalue weighted by Crippen LogP contribution is -2.66. The van der Waals surface area contributed by atoms with Crippen LogP contribution < -0.4 is 0 Å². The van der Waals surface area contributed by atoms with E-state index in [2.05, 4.69) is 0 Å². The molecule has 0 radical (unpaired) electrons. The Labute approximate surface area is 216 Å². The molecule has 0 saturated carbocycles. The van der Waals surface area contributed by atoms with Crippen LogP contribution in [0.2, 0.25) is 5.02 Å². The molecule has 3 aromatic rings. The van der Waals surface area contributed by atoms with Crippen molar-refractivity contribution in [3.05, 3.63) is 101 Å². The maximum absolute atomic E-state index is 13.4. The Morgan fingerprint density at radius 3 is 2.17 bits per heavy atom. The van der Waals surface area contributed by atoms with E-state index in [0.29, 0.717) is 16.1 Å². The van der Waals surface area contributed by atoms with Crippen molar-refractivity contribution in [3.8, 4) is 0 Å². The Kier molecular flexibility index (Phi) is 6.33. The number of hydrogen-bond acceptors (Lipinski definition) is 7. The van der Waals surface area contributed by atoms with Crippen molar-refractivity contribution in [1.82, 2.24) is 4.90 Å². The number of aliphatic hydroxyl groups excluding tert-OH is 1. The summed E-state index contributed by atoms with van der Waals surface area (Å²) in [5.74, 6) is -0.926. The molecule has 36 heavy (non-hydrogen) atoms. The minimum Gasteiger partial charge on any atom is -0.388 e. The van der Waals surface area contributed by atoms with E-state index in [9.17, 15) is 14.7 Å². The second kappa shape index (κ2) is 9.63. The quantitative estimate of drug-likeness (QED) is 0.510. The van der Waals surface area contributed by atoms with Crippen molar-refractivity contribution in [2.45, 2.75) is 41.0 Å². The number of hydrogen-bond donors (Lipinski definition) is 1. The van der Waals surface area contributed by atoms with Crippen molar-refractivity contribution >= 4 is 35.2 Å². The molecule has 3 aromatic carbocycles. The molecule has 6 atom stereocenters. The maximum atomic E-state index is 13.4. The summed E-state index contributed by atoms with van der Waals surface area (Å²) in [4.78, 5) is 28.7. The second-order valence-corrected chi connectivity index (χ2v) is 10.4. The Morgan fingerprint density at radius 1 is 0.861 bits per heavy atom. The van der Waals surface area contributed by atoms with Gasteiger partial charge in [-0.2, -0.15) is 0 Å². The first-order valence-electron chi connectivity index (χ1n) is 11.6. The number of rotatable bonds is 4. The van der Waals surface area contributed by atoms with E-state index >= 15 is 0 Å². The van der Waals surface area contributed by atoms with Crippen molar-refractivity contribution in [2.75, 3.05) is 6.61 Å². The fourth-order valence-electron chi connectivity index (χ4n) is 4.85. The zero-order valence-electron chi connectivity index (χ0n) is 18.9. The highest BCUT2D eigenvalue weighted by molar-refractivity contribution is 7.99. The zero-order valence-corrected chi connectivity index (χ0v) is 20.5. The Bertz CT molecular complexity index is 1250. The average molecular weight is 524 g/mol. The molecule has 184 valence electrons. The third kappa shape index (κ3) is 4.14. The molecular formula is C27H22ClNO6S. The number of amides is 2. The number of aliphatic hydroxyl groups is 1. The molecule has 0 spiro atoms. The molecule has 3 aliphatic heterocycles. The lowest BCUT2D eigenvalue weighted by Gasteiger charge is -2.49. The van der Waals surface area contributed by atoms with Crippen LogP contribution >= 0.6 is 23.4 Å². The molecule has 0 aliphatic carbocycles. The standard InChI is InChI=1S/C27H22ClNO6S/c28-16-10-12-17(13-11-16)36-27-21(29-24(31)18-8-4-5-9-19(18)25(29)32)22(30)23-20(34-27)14-33-26(35-23)15-6-2-1-3-7-15/h1-13,20-23,26-27,30H,14H2/t20-,21-,22-,23-,26?,27+/m1/s1. The van der Waals surface area contributed by atoms with Crippen LogP contribution in [-0.2, 0) is 14.2 Å². The van der Waals surface area contributed by atoms with E-state index in [-0.39, 0.29) is 6.61 Å². The van der Waals surface area contributed by atoms with Gasteiger partial charge in [0.1, 0.15) is 29.8 Å². The van der Waals surface area contributed by atoms with Gasteiger partial charge in [0.2, 0.25) is 0 Å². The number of carbonyl (C=O) groups is 2. The highest BCUT2D eigenvalue weighted by Crippen LogP contribution is 2.42. The van der Waals surface area contributed by atoms with Gasteiger partial charge in [-0.25, -0.2) is 0 Å². The van der Waals surface area contributed by atoms with Crippen LogP contribution in [-0.4, -0.2) is 58.2 Å². The molecule has 0 bridgehead atoms. The lowest BCUT2D eigenvalue weighted by molar-refractivity contribution is -0.310. The van der Waals surface area contributed by atoms with E-state index in [4.69, 9.17) is 25.8 Å². The first-order chi connectivity index (χ1) is 17.5. The zero-order chi connectivity index (χ0) is 24.8. The molecule has 6 rings (SSSR count). The molecule has 2 saturated heterocycles. The Morgan fingerprint density at radius 2 is 1.50 bits per heavy atom. The normalized spacial score (nSPS) is 29.7. The van der Waals surface area contributed by atoms with E-state index in [1.165, 1.54) is 11.8 Å². The largest absolute Gasteiger partial charge is 0.388 e. The number of fused-ring (bicyclic) bond motifs is 2. The van der Waals surface area contributed by atoms with Crippen LogP contribution in [0.25, 0.3) is 0 Å². The number of nitrogens with zero attached hydrogens (tertiary/aromatic N) is 1. The number of ether oxygens (including phenoxy) is 3. The second-order valence-electron chi connectivity index (χ2n) is 8.80. The maximum Gasteiger partial charge on any atom is 0.262 e. The van der Waals surface area contributed by atoms with Crippen LogP contribution in [0, 0.1) is 0 Å². The molecule has 7 nitrogen and oxygen atoms in total. The summed E-state index contributed by atoms with van der Waals surface area (Å²) >= 11 is 7.35. The van der Waals surface area contributed by atoms with Gasteiger partial charge in [-0.15, -0.1) is 0 Å². The van der Waals surface area contributed by atoms with Crippen molar-refractivity contribution < 1.29 is 28.9 Å². The lowest BCUT2D eigenvalue weighted by atomic mass is 9.95. The van der Waals surface area contributed by atoms with Crippen LogP contribution in [0.5, 0.6) is 0 Å². The number of thioether (sulfide) groups is 1. The molecule has 2 fully saturated rings. The molecule has 0 aromatic heterocycles. The Balaban J connectivity index is 1.34. The third-order valence-electron chi connectivity index (χ3n) is 6.59. The summed E-state index contributed by atoms with van der Waals surface area (Å²) in [7, 11) is 0. The number of benzene rings is 3. The molecule has 2 amide bonds.